The maximum Gasteiger partial charge on any atom is 0.118 e. The van der Waals surface area contributed by atoms with Gasteiger partial charge in [0, 0.05) is 27.4 Å². The van der Waals surface area contributed by atoms with Gasteiger partial charge in [0.1, 0.15) is 5.75 Å². The minimum atomic E-state index is 0.839. The third kappa shape index (κ3) is 3.08. The van der Waals surface area contributed by atoms with Gasteiger partial charge in [-0.1, -0.05) is 42.5 Å². The molecule has 0 unspecified atom stereocenters. The quantitative estimate of drug-likeness (QED) is 0.309. The molecule has 0 aliphatic carbocycles. The van der Waals surface area contributed by atoms with Gasteiger partial charge >= 0.3 is 0 Å². The van der Waals surface area contributed by atoms with Crippen LogP contribution in [0.5, 0.6) is 5.75 Å². The second-order valence-electron chi connectivity index (χ2n) is 7.70. The number of H-pyrrole nitrogens is 1. The van der Waals surface area contributed by atoms with E-state index < -0.39 is 0 Å². The smallest absolute Gasteiger partial charge is 0.118 e. The van der Waals surface area contributed by atoms with Gasteiger partial charge < -0.3 is 9.72 Å². The second-order valence-corrected chi connectivity index (χ2v) is 8.65. The van der Waals surface area contributed by atoms with E-state index in [4.69, 9.17) is 9.72 Å². The third-order valence-electron chi connectivity index (χ3n) is 5.84. The summed E-state index contributed by atoms with van der Waals surface area (Å²) in [4.78, 5) is 9.90. The first-order valence-electron chi connectivity index (χ1n) is 10.5. The highest BCUT2D eigenvalue weighted by Gasteiger charge is 2.19. The normalized spacial score (nSPS) is 11.3. The Labute approximate surface area is 190 Å². The highest BCUT2D eigenvalue weighted by Crippen LogP contribution is 2.43. The topological polar surface area (TPSA) is 37.9 Å². The molecule has 3 aromatic heterocycles. The number of aromatic nitrogens is 2. The molecule has 32 heavy (non-hydrogen) atoms. The Morgan fingerprint density at radius 3 is 2.38 bits per heavy atom. The molecule has 0 spiro atoms. The lowest BCUT2D eigenvalue weighted by Crippen LogP contribution is -1.91. The zero-order valence-corrected chi connectivity index (χ0v) is 18.3. The number of methoxy groups -OCH3 is 1. The molecule has 4 heteroatoms. The van der Waals surface area contributed by atoms with Crippen molar-refractivity contribution < 1.29 is 4.74 Å². The van der Waals surface area contributed by atoms with Crippen molar-refractivity contribution in [3.63, 3.8) is 0 Å². The Kier molecular flexibility index (Phi) is 4.51. The standard InChI is InChI=1S/C28H20N2OS/c1-31-19-14-12-18(13-15-19)25-17-22(20-7-2-4-9-23(20)29-25)27-21-8-3-5-10-24(21)30-28(27)26-11-6-16-32-26/h2-17,30H,1H3. The molecule has 0 atom stereocenters. The lowest BCUT2D eigenvalue weighted by molar-refractivity contribution is 0.415. The second kappa shape index (κ2) is 7.66. The van der Waals surface area contributed by atoms with E-state index in [1.165, 1.54) is 21.4 Å². The van der Waals surface area contributed by atoms with Crippen molar-refractivity contribution in [2.45, 2.75) is 0 Å². The number of thiophene rings is 1. The SMILES string of the molecule is COc1ccc(-c2cc(-c3c(-c4cccs4)[nH]c4ccccc34)c3ccccc3n2)cc1. The molecule has 6 rings (SSSR count). The van der Waals surface area contributed by atoms with E-state index in [-0.39, 0.29) is 0 Å². The predicted octanol–water partition coefficient (Wildman–Crippen LogP) is 7.79. The number of nitrogens with one attached hydrogen (secondary N) is 1. The van der Waals surface area contributed by atoms with Gasteiger partial charge in [-0.2, -0.15) is 0 Å². The van der Waals surface area contributed by atoms with Crippen molar-refractivity contribution in [1.82, 2.24) is 9.97 Å². The van der Waals surface area contributed by atoms with Crippen molar-refractivity contribution in [3.8, 4) is 38.7 Å². The highest BCUT2D eigenvalue weighted by atomic mass is 32.1. The molecule has 3 aromatic carbocycles. The van der Waals surface area contributed by atoms with Crippen LogP contribution < -0.4 is 4.74 Å². The Bertz CT molecular complexity index is 1550. The van der Waals surface area contributed by atoms with Gasteiger partial charge in [-0.15, -0.1) is 11.3 Å². The minimum Gasteiger partial charge on any atom is -0.497 e. The van der Waals surface area contributed by atoms with E-state index in [0.717, 1.165) is 39.1 Å². The maximum absolute atomic E-state index is 5.34. The Balaban J connectivity index is 1.68. The van der Waals surface area contributed by atoms with Crippen LogP contribution in [0.1, 0.15) is 0 Å². The number of benzene rings is 3. The average molecular weight is 433 g/mol. The van der Waals surface area contributed by atoms with Crippen LogP contribution in [-0.4, -0.2) is 17.1 Å². The van der Waals surface area contributed by atoms with E-state index in [2.05, 4.69) is 83.2 Å². The summed E-state index contributed by atoms with van der Waals surface area (Å²) in [6.07, 6.45) is 0. The lowest BCUT2D eigenvalue weighted by Gasteiger charge is -2.12. The fourth-order valence-electron chi connectivity index (χ4n) is 4.32. The first-order chi connectivity index (χ1) is 15.8. The molecular weight excluding hydrogens is 412 g/mol. The maximum atomic E-state index is 5.34. The molecule has 0 aliphatic rings. The van der Waals surface area contributed by atoms with Crippen LogP contribution in [0.2, 0.25) is 0 Å². The van der Waals surface area contributed by atoms with Crippen molar-refractivity contribution >= 4 is 33.1 Å². The third-order valence-corrected chi connectivity index (χ3v) is 6.73. The first-order valence-corrected chi connectivity index (χ1v) is 11.4. The van der Waals surface area contributed by atoms with Crippen molar-refractivity contribution in [3.05, 3.63) is 96.4 Å². The fraction of sp³-hybridized carbons (Fsp3) is 0.0357. The van der Waals surface area contributed by atoms with E-state index >= 15 is 0 Å². The number of rotatable bonds is 4. The molecule has 0 bridgehead atoms. The van der Waals surface area contributed by atoms with E-state index in [1.807, 2.05) is 18.2 Å². The molecule has 6 aromatic rings. The van der Waals surface area contributed by atoms with Crippen LogP contribution in [0.3, 0.4) is 0 Å². The number of para-hydroxylation sites is 2. The molecule has 0 amide bonds. The van der Waals surface area contributed by atoms with Crippen LogP contribution in [-0.2, 0) is 0 Å². The molecule has 3 heterocycles. The van der Waals surface area contributed by atoms with Crippen LogP contribution in [0.15, 0.2) is 96.4 Å². The summed E-state index contributed by atoms with van der Waals surface area (Å²) >= 11 is 1.75. The number of aromatic amines is 1. The number of fused-ring (bicyclic) bond motifs is 2. The molecule has 0 saturated heterocycles. The predicted molar refractivity (Wildman–Crippen MR) is 134 cm³/mol. The zero-order chi connectivity index (χ0) is 21.5. The first kappa shape index (κ1) is 18.8. The molecule has 0 saturated carbocycles. The fourth-order valence-corrected chi connectivity index (χ4v) is 5.05. The number of ether oxygens (including phenoxy) is 1. The number of nitrogens with zero attached hydrogens (tertiary/aromatic N) is 1. The van der Waals surface area contributed by atoms with Crippen LogP contribution in [0.4, 0.5) is 0 Å². The number of pyridine rings is 1. The van der Waals surface area contributed by atoms with Gasteiger partial charge in [0.05, 0.1) is 28.9 Å². The van der Waals surface area contributed by atoms with Crippen LogP contribution in [0, 0.1) is 0 Å². The van der Waals surface area contributed by atoms with Gasteiger partial charge in [-0.3, -0.25) is 0 Å². The van der Waals surface area contributed by atoms with E-state index in [0.29, 0.717) is 0 Å². The summed E-state index contributed by atoms with van der Waals surface area (Å²) < 4.78 is 5.34. The zero-order valence-electron chi connectivity index (χ0n) is 17.5. The number of hydrogen-bond donors (Lipinski definition) is 1. The number of hydrogen-bond acceptors (Lipinski definition) is 3. The van der Waals surface area contributed by atoms with E-state index in [9.17, 15) is 0 Å². The Morgan fingerprint density at radius 1 is 0.812 bits per heavy atom. The molecule has 154 valence electrons. The summed E-state index contributed by atoms with van der Waals surface area (Å²) in [5.74, 6) is 0.839. The van der Waals surface area contributed by atoms with Crippen molar-refractivity contribution in [2.24, 2.45) is 0 Å². The van der Waals surface area contributed by atoms with Crippen molar-refractivity contribution in [1.29, 1.82) is 0 Å². The minimum absolute atomic E-state index is 0.839. The monoisotopic (exact) mass is 432 g/mol. The van der Waals surface area contributed by atoms with Crippen LogP contribution >= 0.6 is 11.3 Å². The van der Waals surface area contributed by atoms with Gasteiger partial charge in [-0.25, -0.2) is 4.98 Å². The van der Waals surface area contributed by atoms with Gasteiger partial charge in [-0.05, 0) is 59.5 Å². The summed E-state index contributed by atoms with van der Waals surface area (Å²) in [7, 11) is 1.69. The molecule has 1 N–H and O–H groups in total. The highest BCUT2D eigenvalue weighted by molar-refractivity contribution is 7.13. The van der Waals surface area contributed by atoms with Crippen molar-refractivity contribution in [2.75, 3.05) is 7.11 Å². The average Bonchev–Trinajstić information content (AvgIpc) is 3.51. The van der Waals surface area contributed by atoms with Crippen LogP contribution in [0.25, 0.3) is 54.8 Å². The van der Waals surface area contributed by atoms with Gasteiger partial charge in [0.25, 0.3) is 0 Å². The van der Waals surface area contributed by atoms with Gasteiger partial charge in [0.2, 0.25) is 0 Å². The summed E-state index contributed by atoms with van der Waals surface area (Å²) in [6, 6.07) is 31.5. The molecule has 0 fully saturated rings. The lowest BCUT2D eigenvalue weighted by atomic mass is 9.95. The summed E-state index contributed by atoms with van der Waals surface area (Å²) in [6.45, 7) is 0. The molecule has 0 aliphatic heterocycles. The Morgan fingerprint density at radius 2 is 1.59 bits per heavy atom. The molecule has 3 nitrogen and oxygen atoms in total. The van der Waals surface area contributed by atoms with E-state index in [1.54, 1.807) is 18.4 Å². The molecule has 0 radical (unpaired) electrons. The largest absolute Gasteiger partial charge is 0.497 e. The summed E-state index contributed by atoms with van der Waals surface area (Å²) in [5, 5.41) is 4.48. The molecular formula is C28H20N2OS. The van der Waals surface area contributed by atoms with Gasteiger partial charge in [0.15, 0.2) is 0 Å². The summed E-state index contributed by atoms with van der Waals surface area (Å²) in [5.41, 5.74) is 7.69. The Hall–Kier alpha value is -3.89.